The SMILES string of the molecule is CN=C(NCc1oc2ccc(F)cc2c1C)N1CCC(N2CCOCC2)C1.I. The van der Waals surface area contributed by atoms with Gasteiger partial charge in [-0.15, -0.1) is 24.0 Å². The fraction of sp³-hybridized carbons (Fsp3) is 0.550. The first kappa shape index (κ1) is 21.3. The van der Waals surface area contributed by atoms with E-state index in [4.69, 9.17) is 9.15 Å². The van der Waals surface area contributed by atoms with Crippen LogP contribution in [0.25, 0.3) is 11.0 Å². The van der Waals surface area contributed by atoms with Crippen LogP contribution in [0.3, 0.4) is 0 Å². The summed E-state index contributed by atoms with van der Waals surface area (Å²) in [7, 11) is 1.81. The Kier molecular flexibility index (Phi) is 7.16. The number of likely N-dealkylation sites (tertiary alicyclic amines) is 1. The fourth-order valence-corrected chi connectivity index (χ4v) is 4.08. The molecule has 3 heterocycles. The third kappa shape index (κ3) is 4.44. The van der Waals surface area contributed by atoms with Gasteiger partial charge in [0.1, 0.15) is 17.2 Å². The smallest absolute Gasteiger partial charge is 0.194 e. The Hall–Kier alpha value is -1.39. The van der Waals surface area contributed by atoms with Crippen LogP contribution in [-0.2, 0) is 11.3 Å². The van der Waals surface area contributed by atoms with Gasteiger partial charge in [-0.2, -0.15) is 0 Å². The van der Waals surface area contributed by atoms with Crippen LogP contribution in [-0.4, -0.2) is 68.2 Å². The first-order chi connectivity index (χ1) is 13.2. The van der Waals surface area contributed by atoms with Crippen LogP contribution in [0.1, 0.15) is 17.7 Å². The summed E-state index contributed by atoms with van der Waals surface area (Å²) in [6, 6.07) is 5.20. The van der Waals surface area contributed by atoms with Crippen molar-refractivity contribution in [3.63, 3.8) is 0 Å². The van der Waals surface area contributed by atoms with E-state index in [1.54, 1.807) is 6.07 Å². The minimum Gasteiger partial charge on any atom is -0.459 e. The van der Waals surface area contributed by atoms with Crippen molar-refractivity contribution in [2.45, 2.75) is 25.9 Å². The largest absolute Gasteiger partial charge is 0.459 e. The molecule has 1 aromatic heterocycles. The number of hydrogen-bond donors (Lipinski definition) is 1. The van der Waals surface area contributed by atoms with Crippen molar-refractivity contribution >= 4 is 40.9 Å². The molecule has 28 heavy (non-hydrogen) atoms. The predicted octanol–water partition coefficient (Wildman–Crippen LogP) is 2.98. The quantitative estimate of drug-likeness (QED) is 0.398. The molecule has 6 nitrogen and oxygen atoms in total. The highest BCUT2D eigenvalue weighted by molar-refractivity contribution is 14.0. The van der Waals surface area contributed by atoms with Gasteiger partial charge in [0.2, 0.25) is 0 Å². The standard InChI is InChI=1S/C20H27FN4O2.HI/c1-14-17-11-15(21)3-4-18(17)27-19(14)12-23-20(22-2)25-6-5-16(13-25)24-7-9-26-10-8-24;/h3-4,11,16H,5-10,12-13H2,1-2H3,(H,22,23);1H. The van der Waals surface area contributed by atoms with E-state index < -0.39 is 0 Å². The van der Waals surface area contributed by atoms with Crippen molar-refractivity contribution in [2.24, 2.45) is 4.99 Å². The molecule has 0 spiro atoms. The third-order valence-electron chi connectivity index (χ3n) is 5.64. The van der Waals surface area contributed by atoms with Crippen LogP contribution < -0.4 is 5.32 Å². The first-order valence-corrected chi connectivity index (χ1v) is 9.60. The van der Waals surface area contributed by atoms with E-state index in [1.165, 1.54) is 12.1 Å². The second-order valence-electron chi connectivity index (χ2n) is 7.23. The average Bonchev–Trinajstić information content (AvgIpc) is 3.29. The Morgan fingerprint density at radius 3 is 2.82 bits per heavy atom. The molecule has 0 aliphatic carbocycles. The zero-order valence-corrected chi connectivity index (χ0v) is 18.7. The number of benzene rings is 1. The summed E-state index contributed by atoms with van der Waals surface area (Å²) in [6.45, 7) is 8.16. The van der Waals surface area contributed by atoms with Gasteiger partial charge in [-0.1, -0.05) is 0 Å². The summed E-state index contributed by atoms with van der Waals surface area (Å²) in [5.74, 6) is 1.46. The molecule has 2 aromatic rings. The molecule has 2 saturated heterocycles. The van der Waals surface area contributed by atoms with E-state index in [-0.39, 0.29) is 29.8 Å². The molecular formula is C20H28FIN4O2. The fourth-order valence-electron chi connectivity index (χ4n) is 4.08. The number of guanidine groups is 1. The summed E-state index contributed by atoms with van der Waals surface area (Å²) >= 11 is 0. The van der Waals surface area contributed by atoms with E-state index in [2.05, 4.69) is 20.1 Å². The maximum Gasteiger partial charge on any atom is 0.194 e. The number of hydrogen-bond acceptors (Lipinski definition) is 4. The Labute approximate surface area is 182 Å². The molecule has 0 radical (unpaired) electrons. The second-order valence-corrected chi connectivity index (χ2v) is 7.23. The molecule has 2 aliphatic rings. The van der Waals surface area contributed by atoms with Crippen molar-refractivity contribution in [3.05, 3.63) is 35.3 Å². The summed E-state index contributed by atoms with van der Waals surface area (Å²) < 4.78 is 24.9. The topological polar surface area (TPSA) is 53.2 Å². The highest BCUT2D eigenvalue weighted by Gasteiger charge is 2.30. The molecule has 0 saturated carbocycles. The van der Waals surface area contributed by atoms with Gasteiger partial charge in [-0.05, 0) is 31.5 Å². The van der Waals surface area contributed by atoms with Crippen LogP contribution in [0.4, 0.5) is 4.39 Å². The van der Waals surface area contributed by atoms with Crippen molar-refractivity contribution in [1.29, 1.82) is 0 Å². The molecule has 0 amide bonds. The molecule has 2 fully saturated rings. The number of aliphatic imine (C=N–C) groups is 1. The molecule has 2 aliphatic heterocycles. The lowest BCUT2D eigenvalue weighted by Gasteiger charge is -2.32. The minimum absolute atomic E-state index is 0. The van der Waals surface area contributed by atoms with Crippen molar-refractivity contribution in [2.75, 3.05) is 46.4 Å². The summed E-state index contributed by atoms with van der Waals surface area (Å²) in [4.78, 5) is 9.27. The minimum atomic E-state index is -0.243. The van der Waals surface area contributed by atoms with Crippen LogP contribution in [0, 0.1) is 12.7 Å². The van der Waals surface area contributed by atoms with Gasteiger partial charge in [0, 0.05) is 50.2 Å². The van der Waals surface area contributed by atoms with Crippen LogP contribution >= 0.6 is 24.0 Å². The van der Waals surface area contributed by atoms with Crippen molar-refractivity contribution in [3.8, 4) is 0 Å². The van der Waals surface area contributed by atoms with Gasteiger partial charge in [0.05, 0.1) is 19.8 Å². The lowest BCUT2D eigenvalue weighted by atomic mass is 10.1. The van der Waals surface area contributed by atoms with E-state index in [9.17, 15) is 4.39 Å². The number of halogens is 2. The predicted molar refractivity (Wildman–Crippen MR) is 119 cm³/mol. The molecule has 4 rings (SSSR count). The van der Waals surface area contributed by atoms with Crippen LogP contribution in [0.15, 0.2) is 27.6 Å². The number of furan rings is 1. The van der Waals surface area contributed by atoms with E-state index in [0.717, 1.165) is 68.5 Å². The Morgan fingerprint density at radius 1 is 1.29 bits per heavy atom. The second kappa shape index (κ2) is 9.41. The highest BCUT2D eigenvalue weighted by atomic mass is 127. The molecule has 1 aromatic carbocycles. The van der Waals surface area contributed by atoms with Crippen molar-refractivity contribution in [1.82, 2.24) is 15.1 Å². The van der Waals surface area contributed by atoms with Gasteiger partial charge >= 0.3 is 0 Å². The third-order valence-corrected chi connectivity index (χ3v) is 5.64. The van der Waals surface area contributed by atoms with E-state index >= 15 is 0 Å². The maximum atomic E-state index is 13.5. The summed E-state index contributed by atoms with van der Waals surface area (Å²) in [5, 5.41) is 4.24. The van der Waals surface area contributed by atoms with Gasteiger partial charge in [-0.3, -0.25) is 9.89 Å². The monoisotopic (exact) mass is 502 g/mol. The van der Waals surface area contributed by atoms with Crippen molar-refractivity contribution < 1.29 is 13.5 Å². The van der Waals surface area contributed by atoms with Gasteiger partial charge in [0.15, 0.2) is 5.96 Å². The number of morpholine rings is 1. The first-order valence-electron chi connectivity index (χ1n) is 9.60. The highest BCUT2D eigenvalue weighted by Crippen LogP contribution is 2.26. The molecule has 8 heteroatoms. The normalized spacial score (nSPS) is 21.2. The van der Waals surface area contributed by atoms with Gasteiger partial charge in [-0.25, -0.2) is 4.39 Å². The zero-order chi connectivity index (χ0) is 18.8. The molecule has 154 valence electrons. The lowest BCUT2D eigenvalue weighted by Crippen LogP contribution is -2.46. The number of ether oxygens (including phenoxy) is 1. The number of aryl methyl sites for hydroxylation is 1. The Balaban J connectivity index is 0.00000225. The van der Waals surface area contributed by atoms with Gasteiger partial charge in [0.25, 0.3) is 0 Å². The maximum absolute atomic E-state index is 13.5. The van der Waals surface area contributed by atoms with E-state index in [1.807, 2.05) is 14.0 Å². The molecule has 0 bridgehead atoms. The molecular weight excluding hydrogens is 474 g/mol. The Morgan fingerprint density at radius 2 is 2.07 bits per heavy atom. The molecule has 1 unspecified atom stereocenters. The van der Waals surface area contributed by atoms with Crippen LogP contribution in [0.2, 0.25) is 0 Å². The van der Waals surface area contributed by atoms with Crippen LogP contribution in [0.5, 0.6) is 0 Å². The Bertz CT molecular complexity index is 835. The molecule has 1 N–H and O–H groups in total. The summed E-state index contributed by atoms with van der Waals surface area (Å²) in [6.07, 6.45) is 1.14. The average molecular weight is 502 g/mol. The molecule has 1 atom stereocenters. The van der Waals surface area contributed by atoms with E-state index in [0.29, 0.717) is 18.2 Å². The number of nitrogens with zero attached hydrogens (tertiary/aromatic N) is 3. The number of fused-ring (bicyclic) bond motifs is 1. The zero-order valence-electron chi connectivity index (χ0n) is 16.4. The lowest BCUT2D eigenvalue weighted by molar-refractivity contribution is 0.0195. The number of nitrogens with one attached hydrogen (secondary N) is 1. The number of rotatable bonds is 3. The summed E-state index contributed by atoms with van der Waals surface area (Å²) in [5.41, 5.74) is 1.69. The van der Waals surface area contributed by atoms with Gasteiger partial charge < -0.3 is 19.4 Å².